The van der Waals surface area contributed by atoms with Crippen molar-refractivity contribution < 1.29 is 22.8 Å². The third-order valence-electron chi connectivity index (χ3n) is 4.80. The molecule has 2 aromatic rings. The Bertz CT molecular complexity index is 1070. The van der Waals surface area contributed by atoms with Crippen molar-refractivity contribution in [2.45, 2.75) is 31.6 Å². The topological polar surface area (TPSA) is 138 Å². The molecule has 2 heterocycles. The lowest BCUT2D eigenvalue weighted by molar-refractivity contribution is -0.126. The van der Waals surface area contributed by atoms with E-state index in [-0.39, 0.29) is 34.7 Å². The predicted octanol–water partition coefficient (Wildman–Crippen LogP) is 1.27. The maximum atomic E-state index is 12.8. The molecule has 1 saturated heterocycles. The van der Waals surface area contributed by atoms with Crippen LogP contribution in [0.15, 0.2) is 34.5 Å². The number of amides is 3. The number of anilines is 1. The number of aromatic nitrogens is 1. The summed E-state index contributed by atoms with van der Waals surface area (Å²) >= 11 is 1.09. The molecule has 1 fully saturated rings. The van der Waals surface area contributed by atoms with Crippen molar-refractivity contribution in [2.75, 3.05) is 18.4 Å². The number of nitrogens with one attached hydrogen (secondary N) is 3. The van der Waals surface area contributed by atoms with E-state index in [1.54, 1.807) is 24.3 Å². The molecule has 3 rings (SSSR count). The van der Waals surface area contributed by atoms with Crippen LogP contribution in [-0.4, -0.2) is 48.5 Å². The summed E-state index contributed by atoms with van der Waals surface area (Å²) in [6.45, 7) is 3.65. The molecular formula is C19H23N5O5S2. The summed E-state index contributed by atoms with van der Waals surface area (Å²) < 4.78 is 26.9. The minimum atomic E-state index is -3.60. The van der Waals surface area contributed by atoms with Crippen LogP contribution in [0.5, 0.6) is 0 Å². The molecule has 3 N–H and O–H groups in total. The molecule has 166 valence electrons. The highest BCUT2D eigenvalue weighted by Gasteiger charge is 2.32. The lowest BCUT2D eigenvalue weighted by Crippen LogP contribution is -2.48. The second kappa shape index (κ2) is 9.54. The van der Waals surface area contributed by atoms with Crippen molar-refractivity contribution in [3.63, 3.8) is 0 Å². The molecular weight excluding hydrogens is 442 g/mol. The van der Waals surface area contributed by atoms with Crippen LogP contribution < -0.4 is 16.2 Å². The Morgan fingerprint density at radius 2 is 1.74 bits per heavy atom. The summed E-state index contributed by atoms with van der Waals surface area (Å²) in [4.78, 5) is 39.7. The van der Waals surface area contributed by atoms with Gasteiger partial charge >= 0.3 is 0 Å². The lowest BCUT2D eigenvalue weighted by atomic mass is 9.98. The number of benzene rings is 1. The number of carbonyl (C=O) groups is 3. The number of carbonyl (C=O) groups excluding carboxylic acids is 3. The quantitative estimate of drug-likeness (QED) is 0.569. The number of thiazole rings is 1. The van der Waals surface area contributed by atoms with E-state index in [2.05, 4.69) is 21.2 Å². The Morgan fingerprint density at radius 1 is 1.10 bits per heavy atom. The van der Waals surface area contributed by atoms with Gasteiger partial charge in [-0.05, 0) is 31.9 Å². The van der Waals surface area contributed by atoms with E-state index in [0.717, 1.165) is 16.9 Å². The molecule has 12 heteroatoms. The highest BCUT2D eigenvalue weighted by molar-refractivity contribution is 7.89. The number of sulfonamides is 1. The normalized spacial score (nSPS) is 15.3. The summed E-state index contributed by atoms with van der Waals surface area (Å²) in [6.07, 6.45) is 0.687. The molecule has 3 amide bonds. The zero-order valence-corrected chi connectivity index (χ0v) is 18.7. The zero-order valence-electron chi connectivity index (χ0n) is 17.0. The van der Waals surface area contributed by atoms with Gasteiger partial charge in [0.2, 0.25) is 21.8 Å². The van der Waals surface area contributed by atoms with Crippen molar-refractivity contribution in [1.82, 2.24) is 20.1 Å². The minimum Gasteiger partial charge on any atom is -0.302 e. The maximum absolute atomic E-state index is 12.8. The van der Waals surface area contributed by atoms with Crippen LogP contribution in [0.2, 0.25) is 0 Å². The number of piperidine rings is 1. The highest BCUT2D eigenvalue weighted by Crippen LogP contribution is 2.24. The van der Waals surface area contributed by atoms with Gasteiger partial charge in [-0.15, -0.1) is 11.3 Å². The van der Waals surface area contributed by atoms with E-state index in [1.807, 2.05) is 6.92 Å². The summed E-state index contributed by atoms with van der Waals surface area (Å²) in [7, 11) is -3.60. The molecule has 0 unspecified atom stereocenters. The van der Waals surface area contributed by atoms with Crippen molar-refractivity contribution in [3.8, 4) is 0 Å². The van der Waals surface area contributed by atoms with Crippen LogP contribution in [0, 0.1) is 12.8 Å². The van der Waals surface area contributed by atoms with Gasteiger partial charge in [0.15, 0.2) is 5.13 Å². The van der Waals surface area contributed by atoms with Crippen molar-refractivity contribution >= 4 is 44.2 Å². The Labute approximate surface area is 184 Å². The first-order chi connectivity index (χ1) is 14.7. The van der Waals surface area contributed by atoms with Crippen molar-refractivity contribution in [3.05, 3.63) is 40.9 Å². The summed E-state index contributed by atoms with van der Waals surface area (Å²) in [5.74, 6) is -1.72. The molecule has 10 nitrogen and oxygen atoms in total. The van der Waals surface area contributed by atoms with Crippen LogP contribution in [0.25, 0.3) is 0 Å². The number of rotatable bonds is 5. The average Bonchev–Trinajstić information content (AvgIpc) is 3.20. The standard InChI is InChI=1S/C19H23N5O5S2/c1-12-3-5-15(6-4-12)31(28,29)24-9-7-14(8-10-24)17(26)22-23-18(27)16-11-30-19(21-16)20-13(2)25/h3-6,11,14H,7-10H2,1-2H3,(H,22,26)(H,23,27)(H,20,21,25). The van der Waals surface area contributed by atoms with Gasteiger partial charge in [0.25, 0.3) is 5.91 Å². The molecule has 1 aliphatic rings. The predicted molar refractivity (Wildman–Crippen MR) is 115 cm³/mol. The van der Waals surface area contributed by atoms with E-state index >= 15 is 0 Å². The molecule has 0 aliphatic carbocycles. The van der Waals surface area contributed by atoms with Crippen LogP contribution >= 0.6 is 11.3 Å². The molecule has 0 radical (unpaired) electrons. The number of nitrogens with zero attached hydrogens (tertiary/aromatic N) is 2. The van der Waals surface area contributed by atoms with E-state index in [1.165, 1.54) is 16.6 Å². The summed E-state index contributed by atoms with van der Waals surface area (Å²) in [5.41, 5.74) is 5.69. The van der Waals surface area contributed by atoms with Gasteiger partial charge in [0.1, 0.15) is 5.69 Å². The number of aryl methyl sites for hydroxylation is 1. The Kier molecular flexibility index (Phi) is 7.03. The smallest absolute Gasteiger partial charge is 0.289 e. The van der Waals surface area contributed by atoms with Crippen LogP contribution in [-0.2, 0) is 19.6 Å². The van der Waals surface area contributed by atoms with Gasteiger partial charge in [-0.25, -0.2) is 13.4 Å². The molecule has 0 saturated carbocycles. The fourth-order valence-corrected chi connectivity index (χ4v) is 5.29. The van der Waals surface area contributed by atoms with Crippen LogP contribution in [0.1, 0.15) is 35.8 Å². The molecule has 0 bridgehead atoms. The van der Waals surface area contributed by atoms with E-state index in [4.69, 9.17) is 0 Å². The van der Waals surface area contributed by atoms with Crippen LogP contribution in [0.4, 0.5) is 5.13 Å². The Hall–Kier alpha value is -2.83. The van der Waals surface area contributed by atoms with Gasteiger partial charge in [0, 0.05) is 31.3 Å². The zero-order chi connectivity index (χ0) is 22.6. The molecule has 1 aromatic heterocycles. The van der Waals surface area contributed by atoms with E-state index in [9.17, 15) is 22.8 Å². The summed E-state index contributed by atoms with van der Waals surface area (Å²) in [6, 6.07) is 6.65. The first-order valence-electron chi connectivity index (χ1n) is 9.57. The lowest BCUT2D eigenvalue weighted by Gasteiger charge is -2.30. The second-order valence-electron chi connectivity index (χ2n) is 7.15. The Balaban J connectivity index is 1.50. The first-order valence-corrected chi connectivity index (χ1v) is 11.9. The van der Waals surface area contributed by atoms with Gasteiger partial charge in [-0.1, -0.05) is 17.7 Å². The first kappa shape index (κ1) is 22.8. The largest absolute Gasteiger partial charge is 0.302 e. The van der Waals surface area contributed by atoms with Crippen molar-refractivity contribution in [2.24, 2.45) is 5.92 Å². The fraction of sp³-hybridized carbons (Fsp3) is 0.368. The third kappa shape index (κ3) is 5.66. The minimum absolute atomic E-state index is 0.0630. The monoisotopic (exact) mass is 465 g/mol. The average molecular weight is 466 g/mol. The number of hydrogen-bond acceptors (Lipinski definition) is 7. The Morgan fingerprint density at radius 3 is 2.35 bits per heavy atom. The molecule has 0 spiro atoms. The molecule has 31 heavy (non-hydrogen) atoms. The van der Waals surface area contributed by atoms with Gasteiger partial charge < -0.3 is 5.32 Å². The van der Waals surface area contributed by atoms with E-state index in [0.29, 0.717) is 12.8 Å². The summed E-state index contributed by atoms with van der Waals surface area (Å²) in [5, 5.41) is 4.22. The second-order valence-corrected chi connectivity index (χ2v) is 9.95. The van der Waals surface area contributed by atoms with E-state index < -0.39 is 27.8 Å². The molecule has 1 aromatic carbocycles. The number of hydrazine groups is 1. The molecule has 0 atom stereocenters. The van der Waals surface area contributed by atoms with Gasteiger partial charge in [0.05, 0.1) is 4.90 Å². The molecule has 1 aliphatic heterocycles. The number of hydrogen-bond donors (Lipinski definition) is 3. The third-order valence-corrected chi connectivity index (χ3v) is 7.47. The maximum Gasteiger partial charge on any atom is 0.289 e. The van der Waals surface area contributed by atoms with Gasteiger partial charge in [-0.3, -0.25) is 25.2 Å². The highest BCUT2D eigenvalue weighted by atomic mass is 32.2. The van der Waals surface area contributed by atoms with Crippen LogP contribution in [0.3, 0.4) is 0 Å². The van der Waals surface area contributed by atoms with Gasteiger partial charge in [-0.2, -0.15) is 4.31 Å². The fourth-order valence-electron chi connectivity index (χ4n) is 3.09. The van der Waals surface area contributed by atoms with Crippen molar-refractivity contribution in [1.29, 1.82) is 0 Å². The SMILES string of the molecule is CC(=O)Nc1nc(C(=O)NNC(=O)C2CCN(S(=O)(=O)c3ccc(C)cc3)CC2)cs1.